The van der Waals surface area contributed by atoms with Gasteiger partial charge in [-0.25, -0.2) is 9.78 Å². The second kappa shape index (κ2) is 7.44. The second-order valence-electron chi connectivity index (χ2n) is 8.09. The number of nitrogens with zero attached hydrogens (tertiary/aromatic N) is 5. The molecule has 3 heterocycles. The monoisotopic (exact) mass is 425 g/mol. The van der Waals surface area contributed by atoms with Crippen molar-refractivity contribution in [2.75, 3.05) is 18.0 Å². The van der Waals surface area contributed by atoms with Gasteiger partial charge in [-0.3, -0.25) is 4.90 Å². The predicted octanol–water partition coefficient (Wildman–Crippen LogP) is 3.72. The van der Waals surface area contributed by atoms with E-state index >= 15 is 0 Å². The lowest BCUT2D eigenvalue weighted by Crippen LogP contribution is -2.56. The Bertz CT molecular complexity index is 916. The molecule has 1 N–H and O–H groups in total. The van der Waals surface area contributed by atoms with E-state index in [1.165, 1.54) is 11.1 Å². The van der Waals surface area contributed by atoms with Crippen LogP contribution in [0.15, 0.2) is 22.9 Å². The fourth-order valence-corrected chi connectivity index (χ4v) is 4.46. The van der Waals surface area contributed by atoms with Crippen molar-refractivity contribution in [2.45, 2.75) is 51.4 Å². The first-order valence-corrected chi connectivity index (χ1v) is 9.72. The molecule has 2 aromatic rings. The Morgan fingerprint density at radius 1 is 1.37 bits per heavy atom. The van der Waals surface area contributed by atoms with Gasteiger partial charge < -0.3 is 14.5 Å². The van der Waals surface area contributed by atoms with E-state index in [0.717, 1.165) is 37.8 Å². The number of aryl methyl sites for hydroxylation is 1. The van der Waals surface area contributed by atoms with E-state index in [0.29, 0.717) is 30.6 Å². The number of carboxylic acid groups (broad SMARTS) is 1. The Labute approximate surface area is 170 Å². The van der Waals surface area contributed by atoms with Crippen LogP contribution in [-0.2, 0) is 12.7 Å². The molecule has 4 rings (SSSR count). The van der Waals surface area contributed by atoms with Crippen molar-refractivity contribution in [3.63, 3.8) is 0 Å². The molecule has 1 saturated carbocycles. The maximum Gasteiger partial charge on any atom is 0.416 e. The highest BCUT2D eigenvalue weighted by atomic mass is 19.4. The lowest BCUT2D eigenvalue weighted by molar-refractivity contribution is -0.137. The van der Waals surface area contributed by atoms with Crippen LogP contribution in [0.4, 0.5) is 23.8 Å². The van der Waals surface area contributed by atoms with E-state index in [4.69, 9.17) is 4.52 Å². The summed E-state index contributed by atoms with van der Waals surface area (Å²) in [4.78, 5) is 23.1. The number of anilines is 1. The van der Waals surface area contributed by atoms with Crippen molar-refractivity contribution in [1.29, 1.82) is 0 Å². The molecule has 11 heteroatoms. The maximum atomic E-state index is 12.9. The van der Waals surface area contributed by atoms with E-state index in [1.807, 2.05) is 4.90 Å². The first-order valence-electron chi connectivity index (χ1n) is 9.72. The van der Waals surface area contributed by atoms with Gasteiger partial charge in [-0.1, -0.05) is 5.16 Å². The molecule has 1 amide bonds. The summed E-state index contributed by atoms with van der Waals surface area (Å²) in [6.07, 6.45) is -1.21. The maximum absolute atomic E-state index is 12.9. The third kappa shape index (κ3) is 4.05. The van der Waals surface area contributed by atoms with Crippen LogP contribution in [-0.4, -0.2) is 50.4 Å². The molecule has 30 heavy (non-hydrogen) atoms. The van der Waals surface area contributed by atoms with Crippen LogP contribution in [0.2, 0.25) is 0 Å². The summed E-state index contributed by atoms with van der Waals surface area (Å²) in [6.45, 7) is 2.91. The van der Waals surface area contributed by atoms with Gasteiger partial charge in [0, 0.05) is 32.3 Å². The normalized spacial score (nSPS) is 19.0. The summed E-state index contributed by atoms with van der Waals surface area (Å²) in [5.74, 6) is 1.05. The zero-order valence-corrected chi connectivity index (χ0v) is 16.4. The lowest BCUT2D eigenvalue weighted by Gasteiger charge is -2.54. The number of amides is 1. The van der Waals surface area contributed by atoms with Crippen LogP contribution >= 0.6 is 0 Å². The zero-order chi connectivity index (χ0) is 21.5. The molecule has 1 aliphatic carbocycles. The van der Waals surface area contributed by atoms with Crippen LogP contribution in [0.25, 0.3) is 0 Å². The van der Waals surface area contributed by atoms with E-state index in [-0.39, 0.29) is 18.0 Å². The van der Waals surface area contributed by atoms with E-state index < -0.39 is 17.8 Å². The van der Waals surface area contributed by atoms with Crippen molar-refractivity contribution in [1.82, 2.24) is 20.0 Å². The van der Waals surface area contributed by atoms with E-state index in [1.54, 1.807) is 6.92 Å². The molecule has 2 aromatic heterocycles. The first-order chi connectivity index (χ1) is 14.2. The smallest absolute Gasteiger partial charge is 0.416 e. The number of alkyl halides is 3. The van der Waals surface area contributed by atoms with Gasteiger partial charge in [0.25, 0.3) is 0 Å². The predicted molar refractivity (Wildman–Crippen MR) is 98.7 cm³/mol. The van der Waals surface area contributed by atoms with Crippen molar-refractivity contribution in [3.05, 3.63) is 35.6 Å². The third-order valence-electron chi connectivity index (χ3n) is 6.13. The molecular weight excluding hydrogens is 403 g/mol. The molecule has 1 aliphatic heterocycles. The number of carbonyl (C=O) groups is 1. The van der Waals surface area contributed by atoms with Gasteiger partial charge in [0.15, 0.2) is 5.82 Å². The summed E-state index contributed by atoms with van der Waals surface area (Å²) in [6, 6.07) is 1.93. The largest absolute Gasteiger partial charge is 0.465 e. The van der Waals surface area contributed by atoms with Crippen LogP contribution < -0.4 is 4.90 Å². The highest BCUT2D eigenvalue weighted by Gasteiger charge is 2.49. The Morgan fingerprint density at radius 2 is 2.07 bits per heavy atom. The molecule has 2 aliphatic rings. The Balaban J connectivity index is 1.35. The number of hydrogen-bond donors (Lipinski definition) is 1. The minimum absolute atomic E-state index is 0.0175. The first kappa shape index (κ1) is 20.4. The van der Waals surface area contributed by atoms with Gasteiger partial charge in [-0.2, -0.15) is 18.2 Å². The number of aromatic nitrogens is 3. The van der Waals surface area contributed by atoms with Gasteiger partial charge in [-0.05, 0) is 43.2 Å². The molecule has 0 bridgehead atoms. The SMILES string of the molecule is Cc1nc(CN(C(=O)O)C2CC3(CCN(c4cc(C(F)(F)F)ccn4)CC3)C2)no1. The molecule has 1 saturated heterocycles. The van der Waals surface area contributed by atoms with Gasteiger partial charge in [0.05, 0.1) is 12.1 Å². The topological polar surface area (TPSA) is 95.6 Å². The van der Waals surface area contributed by atoms with Crippen LogP contribution in [0.5, 0.6) is 0 Å². The third-order valence-corrected chi connectivity index (χ3v) is 6.13. The minimum atomic E-state index is -4.40. The molecule has 0 radical (unpaired) electrons. The highest BCUT2D eigenvalue weighted by Crippen LogP contribution is 2.51. The highest BCUT2D eigenvalue weighted by molar-refractivity contribution is 5.65. The summed E-state index contributed by atoms with van der Waals surface area (Å²) in [5, 5.41) is 13.3. The van der Waals surface area contributed by atoms with Gasteiger partial charge in [0.1, 0.15) is 5.82 Å². The average molecular weight is 425 g/mol. The standard InChI is InChI=1S/C19H22F3N5O3/c1-12-24-15(25-30-12)11-27(17(28)29)14-9-18(10-14)3-6-26(7-4-18)16-8-13(2-5-23-16)19(20,21)22/h2,5,8,14H,3-4,6-7,9-11H2,1H3,(H,28,29). The second-order valence-corrected chi connectivity index (χ2v) is 8.09. The van der Waals surface area contributed by atoms with E-state index in [2.05, 4.69) is 15.1 Å². The Hall–Kier alpha value is -2.85. The number of rotatable bonds is 4. The number of pyridine rings is 1. The molecule has 0 atom stereocenters. The lowest BCUT2D eigenvalue weighted by atomic mass is 9.60. The van der Waals surface area contributed by atoms with Crippen LogP contribution in [0.1, 0.15) is 43.0 Å². The summed E-state index contributed by atoms with van der Waals surface area (Å²) in [5.41, 5.74) is -0.686. The van der Waals surface area contributed by atoms with Gasteiger partial charge in [0.2, 0.25) is 5.89 Å². The molecular formula is C19H22F3N5O3. The molecule has 162 valence electrons. The number of hydrogen-bond acceptors (Lipinski definition) is 6. The van der Waals surface area contributed by atoms with Crippen molar-refractivity contribution in [2.24, 2.45) is 5.41 Å². The Morgan fingerprint density at radius 3 is 2.63 bits per heavy atom. The molecule has 0 aromatic carbocycles. The van der Waals surface area contributed by atoms with Gasteiger partial charge in [-0.15, -0.1) is 0 Å². The average Bonchev–Trinajstić information content (AvgIpc) is 3.09. The van der Waals surface area contributed by atoms with Crippen molar-refractivity contribution in [3.8, 4) is 0 Å². The van der Waals surface area contributed by atoms with Crippen LogP contribution in [0.3, 0.4) is 0 Å². The fourth-order valence-electron chi connectivity index (χ4n) is 4.46. The molecule has 1 spiro atoms. The van der Waals surface area contributed by atoms with Crippen molar-refractivity contribution >= 4 is 11.9 Å². The van der Waals surface area contributed by atoms with Gasteiger partial charge >= 0.3 is 12.3 Å². The van der Waals surface area contributed by atoms with E-state index in [9.17, 15) is 23.1 Å². The summed E-state index contributed by atoms with van der Waals surface area (Å²) >= 11 is 0. The Kier molecular flexibility index (Phi) is 5.07. The quantitative estimate of drug-likeness (QED) is 0.798. The molecule has 2 fully saturated rings. The summed E-state index contributed by atoms with van der Waals surface area (Å²) in [7, 11) is 0. The number of halogens is 3. The molecule has 0 unspecified atom stereocenters. The summed E-state index contributed by atoms with van der Waals surface area (Å²) < 4.78 is 43.8. The zero-order valence-electron chi connectivity index (χ0n) is 16.4. The van der Waals surface area contributed by atoms with Crippen LogP contribution in [0, 0.1) is 12.3 Å². The fraction of sp³-hybridized carbons (Fsp3) is 0.579. The van der Waals surface area contributed by atoms with Crippen molar-refractivity contribution < 1.29 is 27.6 Å². The number of piperidine rings is 1. The molecule has 8 nitrogen and oxygen atoms in total. The minimum Gasteiger partial charge on any atom is -0.465 e.